The van der Waals surface area contributed by atoms with Gasteiger partial charge in [-0.2, -0.15) is 5.26 Å². The number of halogens is 1. The molecular weight excluding hydrogens is 531 g/mol. The number of ether oxygens (including phenoxy) is 3. The number of hydrogen-bond donors (Lipinski definition) is 2. The molecule has 0 saturated carbocycles. The summed E-state index contributed by atoms with van der Waals surface area (Å²) in [5, 5.41) is 15.5. The van der Waals surface area contributed by atoms with Crippen LogP contribution in [0, 0.1) is 17.1 Å². The molecule has 0 bridgehead atoms. The average Bonchev–Trinajstić information content (AvgIpc) is 3.15. The first-order valence-corrected chi connectivity index (χ1v) is 13.9. The Bertz CT molecular complexity index is 1430. The second-order valence-electron chi connectivity index (χ2n) is 10.2. The van der Waals surface area contributed by atoms with Gasteiger partial charge in [0.25, 0.3) is 5.91 Å². The molecule has 0 radical (unpaired) electrons. The largest absolute Gasteiger partial charge is 0.420 e. The summed E-state index contributed by atoms with van der Waals surface area (Å²) >= 11 is 0. The molecule has 1 aliphatic rings. The predicted molar refractivity (Wildman–Crippen MR) is 151 cm³/mol. The normalized spacial score (nSPS) is 19.9. The first-order valence-electron chi connectivity index (χ1n) is 13.9. The van der Waals surface area contributed by atoms with Gasteiger partial charge in [0.1, 0.15) is 18.0 Å². The third-order valence-corrected chi connectivity index (χ3v) is 7.29. The highest BCUT2D eigenvalue weighted by atomic mass is 19.1. The minimum Gasteiger partial charge on any atom is -0.408 e. The van der Waals surface area contributed by atoms with Crippen molar-refractivity contribution < 1.29 is 27.8 Å². The van der Waals surface area contributed by atoms with Crippen molar-refractivity contribution in [3.8, 4) is 17.2 Å². The zero-order chi connectivity index (χ0) is 29.4. The van der Waals surface area contributed by atoms with Crippen molar-refractivity contribution in [3.63, 3.8) is 0 Å². The van der Waals surface area contributed by atoms with E-state index in [9.17, 15) is 14.9 Å². The quantitative estimate of drug-likeness (QED) is 0.319. The maximum Gasteiger partial charge on any atom is 0.420 e. The van der Waals surface area contributed by atoms with Gasteiger partial charge in [0.05, 0.1) is 37.4 Å². The lowest BCUT2D eigenvalue weighted by Gasteiger charge is -2.19. The Morgan fingerprint density at radius 3 is 2.78 bits per heavy atom. The number of benzene rings is 2. The molecule has 220 valence electrons. The zero-order valence-corrected chi connectivity index (χ0v) is 23.7. The third-order valence-electron chi connectivity index (χ3n) is 7.29. The van der Waals surface area contributed by atoms with Crippen molar-refractivity contribution in [2.75, 3.05) is 33.5 Å². The SMILES string of the molecule is CCCCOCCn1c(=O)oc2ccc(-c3ccc(C[C@@H](C#N)NC(=O)[C@@H]4CN[C@@H](C)[C@@H](OC)CO4)c(F)c3)cc21. The number of nitriles is 1. The van der Waals surface area contributed by atoms with Crippen LogP contribution in [-0.4, -0.2) is 68.2 Å². The first kappa shape index (κ1) is 30.4. The van der Waals surface area contributed by atoms with E-state index in [-0.39, 0.29) is 31.7 Å². The zero-order valence-electron chi connectivity index (χ0n) is 23.7. The van der Waals surface area contributed by atoms with Crippen molar-refractivity contribution in [1.29, 1.82) is 5.26 Å². The lowest BCUT2D eigenvalue weighted by atomic mass is 10.00. The molecule has 0 aliphatic carbocycles. The number of amides is 1. The van der Waals surface area contributed by atoms with Gasteiger partial charge < -0.3 is 29.3 Å². The predicted octanol–water partition coefficient (Wildman–Crippen LogP) is 3.16. The van der Waals surface area contributed by atoms with Crippen LogP contribution in [0.3, 0.4) is 0 Å². The lowest BCUT2D eigenvalue weighted by molar-refractivity contribution is -0.133. The summed E-state index contributed by atoms with van der Waals surface area (Å²) in [5.74, 6) is -1.42. The highest BCUT2D eigenvalue weighted by Gasteiger charge is 2.29. The highest BCUT2D eigenvalue weighted by molar-refractivity contribution is 5.82. The number of nitrogens with zero attached hydrogens (tertiary/aromatic N) is 2. The molecule has 1 aromatic heterocycles. The molecule has 0 unspecified atom stereocenters. The van der Waals surface area contributed by atoms with Crippen LogP contribution in [0.4, 0.5) is 4.39 Å². The Hall–Kier alpha value is -3.56. The molecule has 2 heterocycles. The summed E-state index contributed by atoms with van der Waals surface area (Å²) in [5.41, 5.74) is 2.64. The molecule has 4 rings (SSSR count). The molecule has 2 aromatic carbocycles. The molecule has 1 aliphatic heterocycles. The second-order valence-corrected chi connectivity index (χ2v) is 10.2. The van der Waals surface area contributed by atoms with E-state index < -0.39 is 29.6 Å². The monoisotopic (exact) mass is 568 g/mol. The topological polar surface area (TPSA) is 128 Å². The number of carbonyl (C=O) groups excluding carboxylic acids is 1. The molecule has 4 atom stereocenters. The van der Waals surface area contributed by atoms with Gasteiger partial charge in [-0.15, -0.1) is 0 Å². The standard InChI is InChI=1S/C30H37FN4O6/c1-4-5-11-39-12-10-35-25-15-21(8-9-26(25)41-30(35)37)20-6-7-22(24(31)14-20)13-23(16-32)34-29(36)27-17-33-19(2)28(38-3)18-40-27/h6-9,14-15,19,23,27-28,33H,4-5,10-13,17-18H2,1-3H3,(H,34,36)/t19-,23-,27-,28-/m0/s1. The van der Waals surface area contributed by atoms with Gasteiger partial charge in [0.2, 0.25) is 0 Å². The van der Waals surface area contributed by atoms with E-state index in [0.717, 1.165) is 12.8 Å². The van der Waals surface area contributed by atoms with Gasteiger partial charge in [-0.1, -0.05) is 31.5 Å². The Labute approximate surface area is 238 Å². The van der Waals surface area contributed by atoms with Crippen LogP contribution in [0.15, 0.2) is 45.6 Å². The van der Waals surface area contributed by atoms with E-state index in [2.05, 4.69) is 17.6 Å². The molecule has 3 aromatic rings. The van der Waals surface area contributed by atoms with Crippen molar-refractivity contribution in [2.45, 2.75) is 63.9 Å². The Balaban J connectivity index is 1.43. The molecule has 11 heteroatoms. The van der Waals surface area contributed by atoms with Crippen LogP contribution in [0.1, 0.15) is 32.3 Å². The van der Waals surface area contributed by atoms with E-state index in [0.29, 0.717) is 47.5 Å². The minimum atomic E-state index is -0.943. The number of oxazole rings is 1. The highest BCUT2D eigenvalue weighted by Crippen LogP contribution is 2.26. The minimum absolute atomic E-state index is 0.00324. The van der Waals surface area contributed by atoms with Gasteiger partial charge in [-0.3, -0.25) is 9.36 Å². The Morgan fingerprint density at radius 1 is 1.27 bits per heavy atom. The number of rotatable bonds is 12. The number of carbonyl (C=O) groups is 1. The lowest BCUT2D eigenvalue weighted by Crippen LogP contribution is -2.46. The smallest absolute Gasteiger partial charge is 0.408 e. The number of fused-ring (bicyclic) bond motifs is 1. The van der Waals surface area contributed by atoms with Crippen LogP contribution in [0.5, 0.6) is 0 Å². The van der Waals surface area contributed by atoms with E-state index in [1.54, 1.807) is 37.4 Å². The fourth-order valence-corrected chi connectivity index (χ4v) is 4.74. The van der Waals surface area contributed by atoms with Crippen LogP contribution in [0.25, 0.3) is 22.2 Å². The van der Waals surface area contributed by atoms with Crippen LogP contribution < -0.4 is 16.4 Å². The molecular formula is C30H37FN4O6. The number of hydrogen-bond acceptors (Lipinski definition) is 8. The van der Waals surface area contributed by atoms with Gasteiger partial charge in [0, 0.05) is 32.7 Å². The molecule has 1 saturated heterocycles. The molecule has 1 amide bonds. The van der Waals surface area contributed by atoms with Gasteiger partial charge in [0.15, 0.2) is 5.58 Å². The third kappa shape index (κ3) is 7.59. The second kappa shape index (κ2) is 14.4. The van der Waals surface area contributed by atoms with Crippen molar-refractivity contribution in [2.24, 2.45) is 0 Å². The van der Waals surface area contributed by atoms with E-state index in [1.165, 1.54) is 10.6 Å². The van der Waals surface area contributed by atoms with Crippen LogP contribution in [-0.2, 0) is 32.0 Å². The molecule has 2 N–H and O–H groups in total. The summed E-state index contributed by atoms with van der Waals surface area (Å²) in [6.07, 6.45) is 0.984. The average molecular weight is 569 g/mol. The summed E-state index contributed by atoms with van der Waals surface area (Å²) < 4.78 is 38.7. The van der Waals surface area contributed by atoms with Crippen LogP contribution >= 0.6 is 0 Å². The maximum absolute atomic E-state index is 15.2. The number of nitrogens with one attached hydrogen (secondary N) is 2. The summed E-state index contributed by atoms with van der Waals surface area (Å²) in [7, 11) is 1.58. The Morgan fingerprint density at radius 2 is 2.05 bits per heavy atom. The summed E-state index contributed by atoms with van der Waals surface area (Å²) in [6.45, 7) is 5.90. The maximum atomic E-state index is 15.2. The molecule has 1 fully saturated rings. The fraction of sp³-hybridized carbons (Fsp3) is 0.500. The van der Waals surface area contributed by atoms with E-state index >= 15 is 4.39 Å². The van der Waals surface area contributed by atoms with Crippen molar-refractivity contribution in [3.05, 3.63) is 58.3 Å². The summed E-state index contributed by atoms with van der Waals surface area (Å²) in [6, 6.07) is 11.1. The number of aromatic nitrogens is 1. The first-order chi connectivity index (χ1) is 19.8. The number of unbranched alkanes of at least 4 members (excludes halogenated alkanes) is 1. The molecule has 0 spiro atoms. The molecule has 41 heavy (non-hydrogen) atoms. The molecule has 10 nitrogen and oxygen atoms in total. The fourth-order valence-electron chi connectivity index (χ4n) is 4.74. The van der Waals surface area contributed by atoms with Crippen molar-refractivity contribution in [1.82, 2.24) is 15.2 Å². The van der Waals surface area contributed by atoms with Crippen molar-refractivity contribution >= 4 is 17.0 Å². The van der Waals surface area contributed by atoms with Crippen LogP contribution in [0.2, 0.25) is 0 Å². The van der Waals surface area contributed by atoms with E-state index in [4.69, 9.17) is 18.6 Å². The van der Waals surface area contributed by atoms with Gasteiger partial charge >= 0.3 is 5.76 Å². The number of methoxy groups -OCH3 is 1. The van der Waals surface area contributed by atoms with E-state index in [1.807, 2.05) is 13.0 Å². The van der Waals surface area contributed by atoms with Gasteiger partial charge in [-0.25, -0.2) is 9.18 Å². The Kier molecular flexibility index (Phi) is 10.7. The van der Waals surface area contributed by atoms with Gasteiger partial charge in [-0.05, 0) is 48.2 Å². The summed E-state index contributed by atoms with van der Waals surface area (Å²) in [4.78, 5) is 25.2.